The van der Waals surface area contributed by atoms with Gasteiger partial charge in [0, 0.05) is 53.5 Å². The van der Waals surface area contributed by atoms with Crippen molar-refractivity contribution in [2.24, 2.45) is 17.8 Å². The lowest BCUT2D eigenvalue weighted by atomic mass is 9.62. The van der Waals surface area contributed by atoms with Crippen LogP contribution in [0.4, 0.5) is 10.2 Å². The summed E-state index contributed by atoms with van der Waals surface area (Å²) in [4.78, 5) is 32.0. The summed E-state index contributed by atoms with van der Waals surface area (Å²) in [5, 5.41) is 4.42. The first-order valence-electron chi connectivity index (χ1n) is 14.3. The lowest BCUT2D eigenvalue weighted by Gasteiger charge is -2.47. The standard InChI is InChI=1S/C31H33FN6O2/c1-18-19-2-6-21(7-3-19)28(18)36-27-15-26(20-4-8-22(9-5-20)31(39)38-10-12-40-13-11-38)35-30(37-27)25-17-34-29-24(25)14-23(32)16-33-29/h4-5,8-9,14-19,21,28H,2-3,6-7,10-13H2,1H3,(H,33,34)(H,35,36,37). The SMILES string of the molecule is CC1C2CCC(CC2)C1Nc1cc(-c2ccc(C(=O)N3CCOCC3)cc2)nc(-c2c[nH]c3ncc(F)cc23)n1. The number of ether oxygens (including phenoxy) is 1. The predicted molar refractivity (Wildman–Crippen MR) is 151 cm³/mol. The molecule has 1 amide bonds. The van der Waals surface area contributed by atoms with Gasteiger partial charge in [-0.3, -0.25) is 4.79 Å². The Kier molecular flexibility index (Phi) is 6.46. The first-order valence-corrected chi connectivity index (χ1v) is 14.3. The highest BCUT2D eigenvalue weighted by atomic mass is 19.1. The number of hydrogen-bond acceptors (Lipinski definition) is 6. The van der Waals surface area contributed by atoms with Crippen molar-refractivity contribution in [2.75, 3.05) is 31.6 Å². The molecule has 40 heavy (non-hydrogen) atoms. The predicted octanol–water partition coefficient (Wildman–Crippen LogP) is 5.54. The number of benzene rings is 1. The molecule has 8 rings (SSSR count). The quantitative estimate of drug-likeness (QED) is 0.345. The molecule has 1 aromatic carbocycles. The lowest BCUT2D eigenvalue weighted by Crippen LogP contribution is -2.47. The molecule has 9 heteroatoms. The van der Waals surface area contributed by atoms with Gasteiger partial charge in [0.15, 0.2) is 5.82 Å². The van der Waals surface area contributed by atoms with Crippen molar-refractivity contribution in [1.29, 1.82) is 0 Å². The molecule has 4 heterocycles. The highest BCUT2D eigenvalue weighted by molar-refractivity contribution is 5.95. The minimum Gasteiger partial charge on any atom is -0.378 e. The Morgan fingerprint density at radius 3 is 2.55 bits per heavy atom. The van der Waals surface area contributed by atoms with Crippen molar-refractivity contribution < 1.29 is 13.9 Å². The van der Waals surface area contributed by atoms with Gasteiger partial charge >= 0.3 is 0 Å². The van der Waals surface area contributed by atoms with Crippen LogP contribution in [0.2, 0.25) is 0 Å². The summed E-state index contributed by atoms with van der Waals surface area (Å²) in [6.45, 7) is 4.70. The van der Waals surface area contributed by atoms with Gasteiger partial charge in [-0.1, -0.05) is 19.1 Å². The summed E-state index contributed by atoms with van der Waals surface area (Å²) < 4.78 is 19.5. The van der Waals surface area contributed by atoms with Crippen molar-refractivity contribution in [3.63, 3.8) is 0 Å². The number of amides is 1. The maximum atomic E-state index is 14.1. The summed E-state index contributed by atoms with van der Waals surface area (Å²) in [6, 6.07) is 11.4. The first-order chi connectivity index (χ1) is 19.5. The van der Waals surface area contributed by atoms with Crippen LogP contribution in [0.1, 0.15) is 43.0 Å². The van der Waals surface area contributed by atoms with E-state index in [1.807, 2.05) is 35.2 Å². The van der Waals surface area contributed by atoms with Crippen molar-refractivity contribution in [3.8, 4) is 22.6 Å². The second-order valence-corrected chi connectivity index (χ2v) is 11.4. The molecule has 2 N–H and O–H groups in total. The van der Waals surface area contributed by atoms with E-state index in [1.54, 1.807) is 6.20 Å². The third-order valence-electron chi connectivity index (χ3n) is 9.14. The number of halogens is 1. The van der Waals surface area contributed by atoms with Gasteiger partial charge < -0.3 is 19.9 Å². The van der Waals surface area contributed by atoms with Crippen LogP contribution >= 0.6 is 0 Å². The van der Waals surface area contributed by atoms with E-state index in [1.165, 1.54) is 37.9 Å². The fraction of sp³-hybridized carbons (Fsp3) is 0.419. The molecule has 2 atom stereocenters. The molecule has 2 bridgehead atoms. The number of aromatic nitrogens is 4. The average Bonchev–Trinajstić information content (AvgIpc) is 3.42. The van der Waals surface area contributed by atoms with E-state index >= 15 is 0 Å². The highest BCUT2D eigenvalue weighted by Gasteiger charge is 2.41. The van der Waals surface area contributed by atoms with Gasteiger partial charge in [0.2, 0.25) is 0 Å². The molecule has 206 valence electrons. The number of rotatable bonds is 5. The van der Waals surface area contributed by atoms with Crippen molar-refractivity contribution in [3.05, 3.63) is 60.2 Å². The molecule has 1 aliphatic heterocycles. The van der Waals surface area contributed by atoms with E-state index in [-0.39, 0.29) is 5.91 Å². The number of nitrogens with zero attached hydrogens (tertiary/aromatic N) is 4. The Morgan fingerprint density at radius 1 is 1.05 bits per heavy atom. The number of fused-ring (bicyclic) bond motifs is 4. The number of pyridine rings is 1. The largest absolute Gasteiger partial charge is 0.378 e. The molecule has 3 saturated carbocycles. The Hall–Kier alpha value is -3.85. The zero-order valence-corrected chi connectivity index (χ0v) is 22.6. The number of hydrogen-bond donors (Lipinski definition) is 2. The minimum atomic E-state index is -0.407. The van der Waals surface area contributed by atoms with E-state index in [2.05, 4.69) is 22.2 Å². The van der Waals surface area contributed by atoms with Gasteiger partial charge in [0.05, 0.1) is 25.1 Å². The summed E-state index contributed by atoms with van der Waals surface area (Å²) in [7, 11) is 0. The summed E-state index contributed by atoms with van der Waals surface area (Å²) in [5.41, 5.74) is 3.55. The molecular weight excluding hydrogens is 507 g/mol. The minimum absolute atomic E-state index is 0.00948. The Balaban J connectivity index is 1.26. The first kappa shape index (κ1) is 25.1. The fourth-order valence-electron chi connectivity index (χ4n) is 6.86. The second kappa shape index (κ2) is 10.3. The van der Waals surface area contributed by atoms with Crippen LogP contribution in [0.5, 0.6) is 0 Å². The maximum absolute atomic E-state index is 14.1. The smallest absolute Gasteiger partial charge is 0.254 e. The summed E-state index contributed by atoms with van der Waals surface area (Å²) in [6.07, 6.45) is 8.12. The number of aromatic amines is 1. The monoisotopic (exact) mass is 540 g/mol. The van der Waals surface area contributed by atoms with Crippen LogP contribution in [0.15, 0.2) is 48.8 Å². The van der Waals surface area contributed by atoms with Gasteiger partial charge in [0.25, 0.3) is 5.91 Å². The topological polar surface area (TPSA) is 96.0 Å². The number of morpholine rings is 1. The van der Waals surface area contributed by atoms with Crippen molar-refractivity contribution in [2.45, 2.75) is 38.6 Å². The highest BCUT2D eigenvalue weighted by Crippen LogP contribution is 2.46. The third kappa shape index (κ3) is 4.62. The van der Waals surface area contributed by atoms with Crippen molar-refractivity contribution in [1.82, 2.24) is 24.8 Å². The number of anilines is 1. The van der Waals surface area contributed by atoms with Gasteiger partial charge in [-0.2, -0.15) is 0 Å². The van der Waals surface area contributed by atoms with E-state index in [9.17, 15) is 9.18 Å². The molecule has 4 aliphatic rings. The molecule has 8 nitrogen and oxygen atoms in total. The Bertz CT molecular complexity index is 1540. The Morgan fingerprint density at radius 2 is 1.80 bits per heavy atom. The van der Waals surface area contributed by atoms with Crippen LogP contribution in [-0.4, -0.2) is 63.1 Å². The molecule has 3 aliphatic carbocycles. The summed E-state index contributed by atoms with van der Waals surface area (Å²) in [5.74, 6) is 2.83. The fourth-order valence-corrected chi connectivity index (χ4v) is 6.86. The van der Waals surface area contributed by atoms with Crippen LogP contribution < -0.4 is 5.32 Å². The maximum Gasteiger partial charge on any atom is 0.254 e. The lowest BCUT2D eigenvalue weighted by molar-refractivity contribution is 0.0303. The molecule has 4 aromatic rings. The molecule has 2 unspecified atom stereocenters. The van der Waals surface area contributed by atoms with Crippen LogP contribution in [0.25, 0.3) is 33.7 Å². The van der Waals surface area contributed by atoms with Gasteiger partial charge in [-0.15, -0.1) is 0 Å². The number of nitrogens with one attached hydrogen (secondary N) is 2. The number of H-pyrrole nitrogens is 1. The molecule has 3 aromatic heterocycles. The molecule has 0 radical (unpaired) electrons. The van der Waals surface area contributed by atoms with Gasteiger partial charge in [-0.05, 0) is 61.6 Å². The van der Waals surface area contributed by atoms with E-state index < -0.39 is 5.82 Å². The zero-order valence-electron chi connectivity index (χ0n) is 22.6. The number of carbonyl (C=O) groups is 1. The summed E-state index contributed by atoms with van der Waals surface area (Å²) >= 11 is 0. The average molecular weight is 541 g/mol. The van der Waals surface area contributed by atoms with Crippen LogP contribution in [0, 0.1) is 23.6 Å². The second-order valence-electron chi connectivity index (χ2n) is 11.4. The van der Waals surface area contributed by atoms with E-state index in [0.717, 1.165) is 23.0 Å². The molecule has 1 saturated heterocycles. The number of carbonyl (C=O) groups excluding carboxylic acids is 1. The van der Waals surface area contributed by atoms with E-state index in [4.69, 9.17) is 14.7 Å². The molecular formula is C31H33FN6O2. The van der Waals surface area contributed by atoms with E-state index in [0.29, 0.717) is 72.2 Å². The molecule has 0 spiro atoms. The van der Waals surface area contributed by atoms with Crippen LogP contribution in [-0.2, 0) is 4.74 Å². The third-order valence-corrected chi connectivity index (χ3v) is 9.14. The molecule has 4 fully saturated rings. The van der Waals surface area contributed by atoms with Gasteiger partial charge in [-0.25, -0.2) is 19.3 Å². The van der Waals surface area contributed by atoms with Crippen LogP contribution in [0.3, 0.4) is 0 Å². The van der Waals surface area contributed by atoms with Crippen molar-refractivity contribution >= 4 is 22.8 Å². The Labute approximate surface area is 232 Å². The normalized spacial score (nSPS) is 24.4. The van der Waals surface area contributed by atoms with Gasteiger partial charge in [0.1, 0.15) is 17.3 Å². The zero-order chi connectivity index (χ0) is 27.2.